The second-order valence-electron chi connectivity index (χ2n) is 4.63. The molecule has 15 heavy (non-hydrogen) atoms. The maximum Gasteiger partial charge on any atom is 0.0363 e. The molecule has 0 aliphatic carbocycles. The van der Waals surface area contributed by atoms with Gasteiger partial charge in [-0.3, -0.25) is 0 Å². The van der Waals surface area contributed by atoms with E-state index >= 15 is 0 Å². The molecule has 0 N–H and O–H groups in total. The molecule has 1 atom stereocenters. The Hall–Kier alpha value is -0.980. The molecule has 1 unspecified atom stereocenters. The minimum Gasteiger partial charge on any atom is -0.374 e. The molecule has 84 valence electrons. The van der Waals surface area contributed by atoms with E-state index in [1.807, 2.05) is 0 Å². The molecule has 1 heteroatoms. The van der Waals surface area contributed by atoms with Crippen LogP contribution in [0.3, 0.4) is 0 Å². The Kier molecular flexibility index (Phi) is 4.67. The number of rotatable bonds is 5. The van der Waals surface area contributed by atoms with E-state index in [-0.39, 0.29) is 0 Å². The monoisotopic (exact) mass is 205 g/mol. The summed E-state index contributed by atoms with van der Waals surface area (Å²) in [4.78, 5) is 2.36. The Morgan fingerprint density at radius 3 is 2.20 bits per heavy atom. The van der Waals surface area contributed by atoms with Crippen LogP contribution in [0.15, 0.2) is 30.3 Å². The molecule has 1 aromatic carbocycles. The first-order valence-electron chi connectivity index (χ1n) is 5.91. The highest BCUT2D eigenvalue weighted by Gasteiger charge is 2.13. The predicted octanol–water partition coefficient (Wildman–Crippen LogP) is 3.81. The molecular weight excluding hydrogens is 182 g/mol. The fourth-order valence-electron chi connectivity index (χ4n) is 1.95. The molecule has 0 aromatic heterocycles. The third-order valence-corrected chi connectivity index (χ3v) is 3.17. The summed E-state index contributed by atoms with van der Waals surface area (Å²) in [5.74, 6) is 1.55. The van der Waals surface area contributed by atoms with Crippen molar-refractivity contribution in [3.8, 4) is 0 Å². The standard InChI is InChI=1S/C14H23N/c1-5-13(12(2)3)11-15(4)14-9-7-6-8-10-14/h6-10,12-13H,5,11H2,1-4H3. The van der Waals surface area contributed by atoms with Crippen molar-refractivity contribution in [2.75, 3.05) is 18.5 Å². The van der Waals surface area contributed by atoms with Gasteiger partial charge in [0, 0.05) is 19.3 Å². The highest BCUT2D eigenvalue weighted by Crippen LogP contribution is 2.19. The second kappa shape index (κ2) is 5.79. The lowest BCUT2D eigenvalue weighted by Crippen LogP contribution is -2.27. The second-order valence-corrected chi connectivity index (χ2v) is 4.63. The van der Waals surface area contributed by atoms with E-state index in [4.69, 9.17) is 0 Å². The molecule has 0 heterocycles. The zero-order valence-electron chi connectivity index (χ0n) is 10.4. The van der Waals surface area contributed by atoms with Crippen molar-refractivity contribution in [1.82, 2.24) is 0 Å². The van der Waals surface area contributed by atoms with Gasteiger partial charge < -0.3 is 4.90 Å². The lowest BCUT2D eigenvalue weighted by atomic mass is 9.93. The molecule has 0 fully saturated rings. The summed E-state index contributed by atoms with van der Waals surface area (Å²) in [6.07, 6.45) is 1.26. The fraction of sp³-hybridized carbons (Fsp3) is 0.571. The van der Waals surface area contributed by atoms with Gasteiger partial charge in [0.1, 0.15) is 0 Å². The number of para-hydroxylation sites is 1. The summed E-state index contributed by atoms with van der Waals surface area (Å²) in [5, 5.41) is 0. The molecule has 0 aliphatic rings. The van der Waals surface area contributed by atoms with Gasteiger partial charge in [0.2, 0.25) is 0 Å². The molecule has 0 radical (unpaired) electrons. The Morgan fingerprint density at radius 1 is 1.13 bits per heavy atom. The van der Waals surface area contributed by atoms with E-state index in [0.29, 0.717) is 0 Å². The highest BCUT2D eigenvalue weighted by atomic mass is 15.1. The molecule has 0 bridgehead atoms. The van der Waals surface area contributed by atoms with Gasteiger partial charge in [0.05, 0.1) is 0 Å². The minimum atomic E-state index is 0.765. The Labute approximate surface area is 94.1 Å². The van der Waals surface area contributed by atoms with Gasteiger partial charge in [-0.15, -0.1) is 0 Å². The molecular formula is C14H23N. The summed E-state index contributed by atoms with van der Waals surface area (Å²) in [7, 11) is 2.18. The van der Waals surface area contributed by atoms with Crippen LogP contribution in [0.2, 0.25) is 0 Å². The molecule has 1 nitrogen and oxygen atoms in total. The largest absolute Gasteiger partial charge is 0.374 e. The van der Waals surface area contributed by atoms with Gasteiger partial charge in [0.25, 0.3) is 0 Å². The van der Waals surface area contributed by atoms with Gasteiger partial charge >= 0.3 is 0 Å². The zero-order valence-corrected chi connectivity index (χ0v) is 10.4. The van der Waals surface area contributed by atoms with E-state index in [0.717, 1.165) is 18.4 Å². The van der Waals surface area contributed by atoms with Crippen LogP contribution in [-0.4, -0.2) is 13.6 Å². The van der Waals surface area contributed by atoms with Gasteiger partial charge in [-0.25, -0.2) is 0 Å². The molecule has 0 aliphatic heterocycles. The van der Waals surface area contributed by atoms with Crippen LogP contribution in [0.5, 0.6) is 0 Å². The molecule has 1 rings (SSSR count). The summed E-state index contributed by atoms with van der Waals surface area (Å²) in [6, 6.07) is 10.6. The topological polar surface area (TPSA) is 3.24 Å². The maximum atomic E-state index is 2.36. The average Bonchev–Trinajstić information content (AvgIpc) is 2.26. The van der Waals surface area contributed by atoms with E-state index in [2.05, 4.69) is 63.1 Å². The lowest BCUT2D eigenvalue weighted by molar-refractivity contribution is 0.377. The number of hydrogen-bond acceptors (Lipinski definition) is 1. The van der Waals surface area contributed by atoms with Crippen molar-refractivity contribution >= 4 is 5.69 Å². The van der Waals surface area contributed by atoms with Crippen LogP contribution >= 0.6 is 0 Å². The highest BCUT2D eigenvalue weighted by molar-refractivity contribution is 5.44. The summed E-state index contributed by atoms with van der Waals surface area (Å²) in [5.41, 5.74) is 1.32. The van der Waals surface area contributed by atoms with Gasteiger partial charge in [-0.05, 0) is 24.0 Å². The first-order valence-corrected chi connectivity index (χ1v) is 5.91. The smallest absolute Gasteiger partial charge is 0.0363 e. The number of hydrogen-bond donors (Lipinski definition) is 0. The van der Waals surface area contributed by atoms with E-state index in [1.54, 1.807) is 0 Å². The van der Waals surface area contributed by atoms with Crippen molar-refractivity contribution in [3.63, 3.8) is 0 Å². The first-order chi connectivity index (χ1) is 7.15. The quantitative estimate of drug-likeness (QED) is 0.706. The van der Waals surface area contributed by atoms with Gasteiger partial charge in [-0.1, -0.05) is 45.4 Å². The molecule has 0 saturated carbocycles. The number of benzene rings is 1. The third-order valence-electron chi connectivity index (χ3n) is 3.17. The van der Waals surface area contributed by atoms with Gasteiger partial charge in [-0.2, -0.15) is 0 Å². The van der Waals surface area contributed by atoms with Crippen LogP contribution in [0.4, 0.5) is 5.69 Å². The molecule has 0 spiro atoms. The Bertz CT molecular complexity index is 266. The average molecular weight is 205 g/mol. The van der Waals surface area contributed by atoms with Crippen LogP contribution in [-0.2, 0) is 0 Å². The van der Waals surface area contributed by atoms with Crippen molar-refractivity contribution in [3.05, 3.63) is 30.3 Å². The van der Waals surface area contributed by atoms with Crippen molar-refractivity contribution in [1.29, 1.82) is 0 Å². The zero-order chi connectivity index (χ0) is 11.3. The normalized spacial score (nSPS) is 12.9. The summed E-state index contributed by atoms with van der Waals surface area (Å²) < 4.78 is 0. The van der Waals surface area contributed by atoms with Crippen LogP contribution in [0, 0.1) is 11.8 Å². The van der Waals surface area contributed by atoms with Crippen molar-refractivity contribution in [2.24, 2.45) is 11.8 Å². The number of anilines is 1. The Morgan fingerprint density at radius 2 is 1.73 bits per heavy atom. The lowest BCUT2D eigenvalue weighted by Gasteiger charge is -2.27. The summed E-state index contributed by atoms with van der Waals surface area (Å²) in [6.45, 7) is 8.06. The van der Waals surface area contributed by atoms with Crippen LogP contribution in [0.1, 0.15) is 27.2 Å². The van der Waals surface area contributed by atoms with Crippen LogP contribution in [0.25, 0.3) is 0 Å². The van der Waals surface area contributed by atoms with E-state index in [1.165, 1.54) is 12.1 Å². The van der Waals surface area contributed by atoms with Gasteiger partial charge in [0.15, 0.2) is 0 Å². The predicted molar refractivity (Wildman–Crippen MR) is 68.3 cm³/mol. The molecule has 0 amide bonds. The number of nitrogens with zero attached hydrogens (tertiary/aromatic N) is 1. The first kappa shape index (κ1) is 12.1. The fourth-order valence-corrected chi connectivity index (χ4v) is 1.95. The maximum absolute atomic E-state index is 2.36. The van der Waals surface area contributed by atoms with E-state index in [9.17, 15) is 0 Å². The SMILES string of the molecule is CCC(CN(C)c1ccccc1)C(C)C. The third kappa shape index (κ3) is 3.58. The summed E-state index contributed by atoms with van der Waals surface area (Å²) >= 11 is 0. The van der Waals surface area contributed by atoms with Crippen molar-refractivity contribution < 1.29 is 0 Å². The minimum absolute atomic E-state index is 0.765. The molecule has 1 aromatic rings. The Balaban J connectivity index is 2.58. The van der Waals surface area contributed by atoms with Crippen LogP contribution < -0.4 is 4.90 Å². The molecule has 0 saturated heterocycles. The van der Waals surface area contributed by atoms with E-state index < -0.39 is 0 Å². The van der Waals surface area contributed by atoms with Crippen molar-refractivity contribution in [2.45, 2.75) is 27.2 Å².